The summed E-state index contributed by atoms with van der Waals surface area (Å²) in [6.45, 7) is 3.69. The zero-order valence-corrected chi connectivity index (χ0v) is 42.0. The fourth-order valence-corrected chi connectivity index (χ4v) is 8.49. The van der Waals surface area contributed by atoms with Crippen molar-refractivity contribution in [1.29, 1.82) is 0 Å². The number of carbonyl (C=O) groups excluding carboxylic acids is 1. The molecule has 0 spiro atoms. The molecule has 1 aliphatic heterocycles. The van der Waals surface area contributed by atoms with Gasteiger partial charge in [0, 0.05) is 6.42 Å². The number of hydrogen-bond donors (Lipinski definition) is 6. The van der Waals surface area contributed by atoms with Crippen LogP contribution in [-0.4, -0.2) is 87.5 Å². The molecule has 7 unspecified atom stereocenters. The van der Waals surface area contributed by atoms with Crippen molar-refractivity contribution >= 4 is 5.91 Å². The zero-order valence-electron chi connectivity index (χ0n) is 42.0. The summed E-state index contributed by atoms with van der Waals surface area (Å²) in [6, 6.07) is -0.826. The highest BCUT2D eigenvalue weighted by atomic mass is 16.7. The van der Waals surface area contributed by atoms with E-state index in [0.29, 0.717) is 6.42 Å². The minimum atomic E-state index is -1.57. The van der Waals surface area contributed by atoms with Gasteiger partial charge in [0.2, 0.25) is 5.91 Å². The lowest BCUT2D eigenvalue weighted by Crippen LogP contribution is -2.60. The normalized spacial score (nSPS) is 20.3. The van der Waals surface area contributed by atoms with Crippen LogP contribution in [0.3, 0.4) is 0 Å². The fraction of sp³-hybridized carbons (Fsp3) is 0.839. The fourth-order valence-electron chi connectivity index (χ4n) is 8.49. The molecule has 0 bridgehead atoms. The Morgan fingerprint density at radius 3 is 1.35 bits per heavy atom. The largest absolute Gasteiger partial charge is 0.394 e. The van der Waals surface area contributed by atoms with Gasteiger partial charge in [-0.1, -0.05) is 223 Å². The molecular weight excluding hydrogens is 815 g/mol. The molecular formula is C56H103NO8. The van der Waals surface area contributed by atoms with Crippen LogP contribution in [0.15, 0.2) is 48.6 Å². The van der Waals surface area contributed by atoms with E-state index in [1.807, 2.05) is 6.08 Å². The zero-order chi connectivity index (χ0) is 47.3. The van der Waals surface area contributed by atoms with E-state index in [4.69, 9.17) is 9.47 Å². The number of unbranched alkanes of at least 4 members (excludes halogenated alkanes) is 30. The predicted octanol–water partition coefficient (Wildman–Crippen LogP) is 13.0. The molecule has 0 aromatic carbocycles. The number of carbonyl (C=O) groups is 1. The standard InChI is InChI=1S/C56H103NO8/c1-3-5-7-9-11-13-15-16-17-18-19-20-21-22-23-24-25-26-27-28-29-30-31-32-33-34-36-38-40-42-44-46-52(60)57-49(48-64-56-55(63)54(62)53(61)51(47-58)65-56)50(59)45-43-41-39-37-35-14-12-10-8-6-4-2/h8,10,22-23,35,37,43,45,49-51,53-56,58-59,61-63H,3-7,9,11-21,24-34,36,38-42,44,46-48H2,1-2H3,(H,57,60)/b10-8+,23-22-,37-35+,45-43+. The third-order valence-electron chi connectivity index (χ3n) is 12.8. The van der Waals surface area contributed by atoms with E-state index >= 15 is 0 Å². The second-order valence-corrected chi connectivity index (χ2v) is 19.0. The lowest BCUT2D eigenvalue weighted by molar-refractivity contribution is -0.302. The van der Waals surface area contributed by atoms with Gasteiger partial charge in [-0.05, 0) is 64.2 Å². The minimum Gasteiger partial charge on any atom is -0.394 e. The van der Waals surface area contributed by atoms with Crippen molar-refractivity contribution in [1.82, 2.24) is 5.32 Å². The van der Waals surface area contributed by atoms with Crippen LogP contribution in [0.2, 0.25) is 0 Å². The van der Waals surface area contributed by atoms with Crippen molar-refractivity contribution in [2.45, 2.75) is 288 Å². The van der Waals surface area contributed by atoms with Crippen molar-refractivity contribution < 1.29 is 39.8 Å². The molecule has 9 heteroatoms. The summed E-state index contributed by atoms with van der Waals surface area (Å²) in [4.78, 5) is 13.0. The highest BCUT2D eigenvalue weighted by Crippen LogP contribution is 2.23. The van der Waals surface area contributed by atoms with Crippen LogP contribution < -0.4 is 5.32 Å². The van der Waals surface area contributed by atoms with Crippen molar-refractivity contribution in [3.05, 3.63) is 48.6 Å². The Hall–Kier alpha value is -1.85. The first-order chi connectivity index (χ1) is 31.8. The van der Waals surface area contributed by atoms with Crippen LogP contribution in [0, 0.1) is 0 Å². The quantitative estimate of drug-likeness (QED) is 0.0261. The van der Waals surface area contributed by atoms with Gasteiger partial charge in [-0.15, -0.1) is 0 Å². The maximum absolute atomic E-state index is 13.0. The Morgan fingerprint density at radius 2 is 0.908 bits per heavy atom. The molecule has 9 nitrogen and oxygen atoms in total. The van der Waals surface area contributed by atoms with Crippen molar-refractivity contribution in [3.8, 4) is 0 Å². The van der Waals surface area contributed by atoms with Gasteiger partial charge in [0.25, 0.3) is 0 Å². The van der Waals surface area contributed by atoms with E-state index in [2.05, 4.69) is 55.6 Å². The van der Waals surface area contributed by atoms with Gasteiger partial charge in [0.15, 0.2) is 6.29 Å². The number of aliphatic hydroxyl groups is 5. The average Bonchev–Trinajstić information content (AvgIpc) is 3.31. The molecule has 0 saturated carbocycles. The van der Waals surface area contributed by atoms with Crippen LogP contribution in [-0.2, 0) is 14.3 Å². The Morgan fingerprint density at radius 1 is 0.508 bits per heavy atom. The monoisotopic (exact) mass is 918 g/mol. The molecule has 7 atom stereocenters. The van der Waals surface area contributed by atoms with Crippen molar-refractivity contribution in [2.24, 2.45) is 0 Å². The Labute approximate surface area is 399 Å². The van der Waals surface area contributed by atoms with Gasteiger partial charge in [0.05, 0.1) is 25.4 Å². The van der Waals surface area contributed by atoms with E-state index in [9.17, 15) is 30.3 Å². The van der Waals surface area contributed by atoms with Gasteiger partial charge < -0.3 is 40.3 Å². The maximum atomic E-state index is 13.0. The third-order valence-corrected chi connectivity index (χ3v) is 12.8. The summed E-state index contributed by atoms with van der Waals surface area (Å²) < 4.78 is 11.2. The van der Waals surface area contributed by atoms with Crippen LogP contribution in [0.5, 0.6) is 0 Å². The summed E-state index contributed by atoms with van der Waals surface area (Å²) in [5.74, 6) is -0.191. The molecule has 65 heavy (non-hydrogen) atoms. The molecule has 0 aliphatic carbocycles. The topological polar surface area (TPSA) is 149 Å². The van der Waals surface area contributed by atoms with Gasteiger partial charge >= 0.3 is 0 Å². The third kappa shape index (κ3) is 35.9. The van der Waals surface area contributed by atoms with Crippen molar-refractivity contribution in [3.63, 3.8) is 0 Å². The number of ether oxygens (including phenoxy) is 2. The Bertz CT molecular complexity index is 1160. The number of aliphatic hydroxyl groups excluding tert-OH is 5. The minimum absolute atomic E-state index is 0.191. The van der Waals surface area contributed by atoms with E-state index in [0.717, 1.165) is 57.8 Å². The van der Waals surface area contributed by atoms with Crippen LogP contribution >= 0.6 is 0 Å². The van der Waals surface area contributed by atoms with Crippen LogP contribution in [0.4, 0.5) is 0 Å². The van der Waals surface area contributed by atoms with E-state index in [-0.39, 0.29) is 12.5 Å². The molecule has 1 aliphatic rings. The predicted molar refractivity (Wildman–Crippen MR) is 272 cm³/mol. The second-order valence-electron chi connectivity index (χ2n) is 19.0. The molecule has 0 aromatic rings. The Kier molecular flexibility index (Phi) is 43.2. The van der Waals surface area contributed by atoms with Gasteiger partial charge in [-0.2, -0.15) is 0 Å². The van der Waals surface area contributed by atoms with Gasteiger partial charge in [-0.3, -0.25) is 4.79 Å². The van der Waals surface area contributed by atoms with Gasteiger partial charge in [-0.25, -0.2) is 0 Å². The molecule has 6 N–H and O–H groups in total. The number of amides is 1. The number of rotatable bonds is 46. The van der Waals surface area contributed by atoms with Crippen LogP contribution in [0.25, 0.3) is 0 Å². The highest BCUT2D eigenvalue weighted by Gasteiger charge is 2.44. The summed E-state index contributed by atoms with van der Waals surface area (Å²) in [6.07, 6.45) is 53.5. The molecule has 0 aromatic heterocycles. The highest BCUT2D eigenvalue weighted by molar-refractivity contribution is 5.76. The summed E-state index contributed by atoms with van der Waals surface area (Å²) in [5.41, 5.74) is 0. The molecule has 1 amide bonds. The molecule has 1 fully saturated rings. The second kappa shape index (κ2) is 45.9. The van der Waals surface area contributed by atoms with E-state index in [1.165, 1.54) is 167 Å². The number of nitrogens with one attached hydrogen (secondary N) is 1. The SMILES string of the molecule is CCC/C=C/CC/C=C/CC/C=C/C(O)C(COC1OC(CO)C(O)C(O)C1O)NC(=O)CCCCCCCCCCCCCCCCC/C=C\CCCCCCCCCCCCCC. The molecule has 380 valence electrons. The van der Waals surface area contributed by atoms with Gasteiger partial charge in [0.1, 0.15) is 24.4 Å². The first kappa shape index (κ1) is 61.2. The smallest absolute Gasteiger partial charge is 0.220 e. The number of allylic oxidation sites excluding steroid dienone is 7. The molecule has 1 saturated heterocycles. The van der Waals surface area contributed by atoms with E-state index < -0.39 is 49.5 Å². The van der Waals surface area contributed by atoms with E-state index in [1.54, 1.807) is 6.08 Å². The maximum Gasteiger partial charge on any atom is 0.220 e. The molecule has 0 radical (unpaired) electrons. The summed E-state index contributed by atoms with van der Waals surface area (Å²) >= 11 is 0. The lowest BCUT2D eigenvalue weighted by atomic mass is 9.99. The lowest BCUT2D eigenvalue weighted by Gasteiger charge is -2.40. The Balaban J connectivity index is 2.13. The average molecular weight is 918 g/mol. The molecule has 1 heterocycles. The molecule has 1 rings (SSSR count). The first-order valence-corrected chi connectivity index (χ1v) is 27.4. The summed E-state index contributed by atoms with van der Waals surface area (Å²) in [5, 5.41) is 54.2. The van der Waals surface area contributed by atoms with Crippen LogP contribution in [0.1, 0.15) is 245 Å². The number of hydrogen-bond acceptors (Lipinski definition) is 8. The van der Waals surface area contributed by atoms with Crippen molar-refractivity contribution in [2.75, 3.05) is 13.2 Å². The summed E-state index contributed by atoms with van der Waals surface area (Å²) in [7, 11) is 0. The first-order valence-electron chi connectivity index (χ1n) is 27.4.